The number of carbonyl (C=O) groups excluding carboxylic acids is 2. The Labute approximate surface area is 200 Å². The Morgan fingerprint density at radius 1 is 0.914 bits per heavy atom. The van der Waals surface area contributed by atoms with Crippen LogP contribution in [0, 0.1) is 0 Å². The highest BCUT2D eigenvalue weighted by molar-refractivity contribution is 5.84. The minimum Gasteiger partial charge on any atom is -0.479 e. The molecule has 0 aromatic heterocycles. The summed E-state index contributed by atoms with van der Waals surface area (Å²) in [7, 11) is 0. The van der Waals surface area contributed by atoms with Crippen LogP contribution in [0.15, 0.2) is 48.5 Å². The van der Waals surface area contributed by atoms with Gasteiger partial charge in [-0.05, 0) is 35.1 Å². The van der Waals surface area contributed by atoms with Gasteiger partial charge in [-0.25, -0.2) is 9.59 Å². The van der Waals surface area contributed by atoms with Crippen molar-refractivity contribution < 1.29 is 37.4 Å². The Balaban J connectivity index is 1.31. The maximum atomic E-state index is 12.6. The number of hydrogen-bond donors (Lipinski definition) is 3. The molecule has 188 valence electrons. The fourth-order valence-corrected chi connectivity index (χ4v) is 4.12. The molecule has 10 heteroatoms. The van der Waals surface area contributed by atoms with Gasteiger partial charge in [0, 0.05) is 18.9 Å². The van der Waals surface area contributed by atoms with Crippen molar-refractivity contribution in [3.8, 4) is 11.1 Å². The van der Waals surface area contributed by atoms with Crippen molar-refractivity contribution >= 4 is 18.0 Å². The summed E-state index contributed by atoms with van der Waals surface area (Å²) < 4.78 is 43.1. The summed E-state index contributed by atoms with van der Waals surface area (Å²) in [5, 5.41) is 12.7. The van der Waals surface area contributed by atoms with Crippen LogP contribution >= 0.6 is 0 Å². The Hall–Kier alpha value is -3.56. The van der Waals surface area contributed by atoms with E-state index in [1.807, 2.05) is 36.4 Å². The van der Waals surface area contributed by atoms with Gasteiger partial charge >= 0.3 is 18.2 Å². The molecule has 3 N–H and O–H groups in total. The lowest BCUT2D eigenvalue weighted by Crippen LogP contribution is -2.50. The topological polar surface area (TPSA) is 105 Å². The summed E-state index contributed by atoms with van der Waals surface area (Å²) in [6.07, 6.45) is -3.70. The number of carboxylic acid groups (broad SMARTS) is 1. The molecule has 0 radical (unpaired) electrons. The summed E-state index contributed by atoms with van der Waals surface area (Å²) in [5.41, 5.74) is 4.52. The standard InChI is InChI=1S/C25H27F3N2O5/c26-25(27,28)22(23(32)33)30-21(31)13-3-1-2-8-14-29-24(34)35-15-20-18-11-6-4-9-16(18)17-10-5-7-12-19(17)20/h4-7,9-12,20,22H,1-3,8,13-15H2,(H,29,34)(H,30,31)(H,32,33). The van der Waals surface area contributed by atoms with Crippen molar-refractivity contribution in [1.29, 1.82) is 0 Å². The van der Waals surface area contributed by atoms with Crippen molar-refractivity contribution in [3.63, 3.8) is 0 Å². The van der Waals surface area contributed by atoms with Gasteiger partial charge in [-0.3, -0.25) is 4.79 Å². The molecule has 2 aromatic carbocycles. The first-order valence-corrected chi connectivity index (χ1v) is 11.4. The van der Waals surface area contributed by atoms with Crippen molar-refractivity contribution in [3.05, 3.63) is 59.7 Å². The molecule has 1 aliphatic carbocycles. The SMILES string of the molecule is O=C(CCCCCCNC(=O)OCC1c2ccccc2-c2ccccc21)NC(C(=O)O)C(F)(F)F. The molecule has 0 saturated heterocycles. The smallest absolute Gasteiger partial charge is 0.419 e. The molecular formula is C25H27F3N2O5. The molecule has 2 aromatic rings. The second kappa shape index (κ2) is 11.7. The third-order valence-electron chi connectivity index (χ3n) is 5.82. The maximum absolute atomic E-state index is 12.6. The van der Waals surface area contributed by atoms with Gasteiger partial charge in [0.25, 0.3) is 0 Å². The predicted octanol–water partition coefficient (Wildman–Crippen LogP) is 4.61. The molecule has 0 spiro atoms. The van der Waals surface area contributed by atoms with Crippen molar-refractivity contribution in [2.24, 2.45) is 0 Å². The zero-order valence-corrected chi connectivity index (χ0v) is 18.9. The summed E-state index contributed by atoms with van der Waals surface area (Å²) in [6.45, 7) is 0.572. The minimum absolute atomic E-state index is 0.0302. The van der Waals surface area contributed by atoms with E-state index >= 15 is 0 Å². The van der Waals surface area contributed by atoms with Crippen LogP contribution in [-0.2, 0) is 14.3 Å². The van der Waals surface area contributed by atoms with E-state index in [-0.39, 0.29) is 18.9 Å². The first-order chi connectivity index (χ1) is 16.7. The number of alkyl carbamates (subject to hydrolysis) is 1. The molecule has 1 unspecified atom stereocenters. The number of carbonyl (C=O) groups is 3. The van der Waals surface area contributed by atoms with Crippen molar-refractivity contribution in [2.45, 2.75) is 50.2 Å². The number of aliphatic carboxylic acids is 1. The van der Waals surface area contributed by atoms with Gasteiger partial charge in [-0.15, -0.1) is 0 Å². The number of ether oxygens (including phenoxy) is 1. The number of carboxylic acids is 1. The van der Waals surface area contributed by atoms with Gasteiger partial charge in [0.2, 0.25) is 11.9 Å². The average molecular weight is 492 g/mol. The highest BCUT2D eigenvalue weighted by Crippen LogP contribution is 2.44. The fourth-order valence-electron chi connectivity index (χ4n) is 4.12. The zero-order chi connectivity index (χ0) is 25.4. The van der Waals surface area contributed by atoms with E-state index in [0.29, 0.717) is 32.2 Å². The number of alkyl halides is 3. The van der Waals surface area contributed by atoms with Gasteiger partial charge in [0.1, 0.15) is 6.61 Å². The summed E-state index contributed by atoms with van der Waals surface area (Å²) in [6, 6.07) is 13.2. The Morgan fingerprint density at radius 2 is 1.49 bits per heavy atom. The van der Waals surface area contributed by atoms with Gasteiger partial charge in [-0.2, -0.15) is 13.2 Å². The number of rotatable bonds is 11. The van der Waals surface area contributed by atoms with Crippen LogP contribution < -0.4 is 10.6 Å². The van der Waals surface area contributed by atoms with E-state index in [9.17, 15) is 27.6 Å². The molecule has 0 saturated carbocycles. The number of benzene rings is 2. The largest absolute Gasteiger partial charge is 0.479 e. The Bertz CT molecular complexity index is 1010. The number of halogens is 3. The number of amides is 2. The van der Waals surface area contributed by atoms with E-state index in [1.54, 1.807) is 0 Å². The van der Waals surface area contributed by atoms with Crippen LogP contribution in [-0.4, -0.2) is 48.4 Å². The fraction of sp³-hybridized carbons (Fsp3) is 0.400. The summed E-state index contributed by atoms with van der Waals surface area (Å²) in [4.78, 5) is 34.3. The van der Waals surface area contributed by atoms with E-state index < -0.39 is 30.2 Å². The second-order valence-electron chi connectivity index (χ2n) is 8.30. The Morgan fingerprint density at radius 3 is 2.06 bits per heavy atom. The first-order valence-electron chi connectivity index (χ1n) is 11.4. The molecule has 35 heavy (non-hydrogen) atoms. The molecule has 0 aliphatic heterocycles. The molecular weight excluding hydrogens is 465 g/mol. The number of fused-ring (bicyclic) bond motifs is 3. The highest BCUT2D eigenvalue weighted by Gasteiger charge is 2.46. The number of nitrogens with one attached hydrogen (secondary N) is 2. The molecule has 1 aliphatic rings. The number of unbranched alkanes of at least 4 members (excludes halogenated alkanes) is 3. The lowest BCUT2D eigenvalue weighted by Gasteiger charge is -2.17. The van der Waals surface area contributed by atoms with Crippen LogP contribution in [0.3, 0.4) is 0 Å². The average Bonchev–Trinajstić information content (AvgIpc) is 3.13. The maximum Gasteiger partial charge on any atom is 0.419 e. The second-order valence-corrected chi connectivity index (χ2v) is 8.30. The minimum atomic E-state index is -5.05. The molecule has 2 amide bonds. The first kappa shape index (κ1) is 26.1. The van der Waals surface area contributed by atoms with Crippen LogP contribution in [0.25, 0.3) is 11.1 Å². The van der Waals surface area contributed by atoms with E-state index in [2.05, 4.69) is 17.4 Å². The lowest BCUT2D eigenvalue weighted by atomic mass is 9.98. The van der Waals surface area contributed by atoms with Crippen LogP contribution in [0.4, 0.5) is 18.0 Å². The number of hydrogen-bond acceptors (Lipinski definition) is 4. The van der Waals surface area contributed by atoms with Crippen molar-refractivity contribution in [1.82, 2.24) is 10.6 Å². The van der Waals surface area contributed by atoms with E-state index in [1.165, 1.54) is 5.32 Å². The molecule has 1 atom stereocenters. The quantitative estimate of drug-likeness (QED) is 0.398. The van der Waals surface area contributed by atoms with Crippen LogP contribution in [0.5, 0.6) is 0 Å². The molecule has 3 rings (SSSR count). The third-order valence-corrected chi connectivity index (χ3v) is 5.82. The van der Waals surface area contributed by atoms with Gasteiger partial charge in [0.05, 0.1) is 0 Å². The monoisotopic (exact) mass is 492 g/mol. The molecule has 0 heterocycles. The molecule has 0 bridgehead atoms. The Kier molecular flexibility index (Phi) is 8.73. The van der Waals surface area contributed by atoms with Gasteiger partial charge < -0.3 is 20.5 Å². The van der Waals surface area contributed by atoms with Crippen molar-refractivity contribution in [2.75, 3.05) is 13.2 Å². The van der Waals surface area contributed by atoms with E-state index in [0.717, 1.165) is 22.3 Å². The summed E-state index contributed by atoms with van der Waals surface area (Å²) >= 11 is 0. The van der Waals surface area contributed by atoms with E-state index in [4.69, 9.17) is 9.84 Å². The predicted molar refractivity (Wildman–Crippen MR) is 122 cm³/mol. The summed E-state index contributed by atoms with van der Waals surface area (Å²) in [5.74, 6) is -3.14. The highest BCUT2D eigenvalue weighted by atomic mass is 19.4. The lowest BCUT2D eigenvalue weighted by molar-refractivity contribution is -0.182. The van der Waals surface area contributed by atoms with Crippen LogP contribution in [0.2, 0.25) is 0 Å². The zero-order valence-electron chi connectivity index (χ0n) is 18.9. The van der Waals surface area contributed by atoms with Gasteiger partial charge in [-0.1, -0.05) is 61.4 Å². The van der Waals surface area contributed by atoms with Crippen LogP contribution in [0.1, 0.15) is 49.1 Å². The van der Waals surface area contributed by atoms with Gasteiger partial charge in [0.15, 0.2) is 0 Å². The normalized spacial score (nSPS) is 13.5. The molecule has 0 fully saturated rings. The third kappa shape index (κ3) is 6.97. The molecule has 7 nitrogen and oxygen atoms in total.